The van der Waals surface area contributed by atoms with Gasteiger partial charge in [0.05, 0.1) is 11.7 Å². The van der Waals surface area contributed by atoms with Crippen molar-refractivity contribution in [1.29, 1.82) is 0 Å². The van der Waals surface area contributed by atoms with E-state index in [1.165, 1.54) is 4.31 Å². The van der Waals surface area contributed by atoms with Gasteiger partial charge < -0.3 is 5.32 Å². The number of halogens is 1. The van der Waals surface area contributed by atoms with Gasteiger partial charge in [0.15, 0.2) is 0 Å². The number of hydrogen-bond donors (Lipinski definition) is 1. The number of alkyl halides is 1. The summed E-state index contributed by atoms with van der Waals surface area (Å²) >= 11 is 5.65. The van der Waals surface area contributed by atoms with E-state index in [0.29, 0.717) is 12.4 Å². The number of hydrogen-bond acceptors (Lipinski definition) is 3. The summed E-state index contributed by atoms with van der Waals surface area (Å²) in [5, 5.41) is 2.58. The molecule has 1 N–H and O–H groups in total. The fourth-order valence-corrected chi connectivity index (χ4v) is 4.22. The minimum Gasteiger partial charge on any atom is -0.359 e. The number of carbonyl (C=O) groups is 1. The number of piperidine rings is 1. The molecule has 5 nitrogen and oxygen atoms in total. The van der Waals surface area contributed by atoms with Crippen molar-refractivity contribution in [3.8, 4) is 0 Å². The molecule has 1 aliphatic heterocycles. The van der Waals surface area contributed by atoms with Crippen molar-refractivity contribution in [3.63, 3.8) is 0 Å². The molecule has 106 valence electrons. The Bertz CT molecular complexity index is 386. The zero-order valence-corrected chi connectivity index (χ0v) is 12.4. The number of sulfonamides is 1. The fraction of sp³-hybridized carbons (Fsp3) is 0.909. The maximum atomic E-state index is 12.1. The van der Waals surface area contributed by atoms with Gasteiger partial charge in [0.1, 0.15) is 0 Å². The maximum absolute atomic E-state index is 12.1. The van der Waals surface area contributed by atoms with Gasteiger partial charge in [-0.05, 0) is 18.8 Å². The van der Waals surface area contributed by atoms with Crippen LogP contribution in [0.2, 0.25) is 0 Å². The van der Waals surface area contributed by atoms with E-state index in [1.807, 2.05) is 6.92 Å². The molecule has 1 aliphatic rings. The average Bonchev–Trinajstić information content (AvgIpc) is 2.37. The third kappa shape index (κ3) is 4.10. The Morgan fingerprint density at radius 3 is 2.78 bits per heavy atom. The van der Waals surface area contributed by atoms with Gasteiger partial charge >= 0.3 is 0 Å². The molecular formula is C11H21ClN2O3S. The third-order valence-corrected chi connectivity index (χ3v) is 5.79. The first kappa shape index (κ1) is 15.7. The van der Waals surface area contributed by atoms with Gasteiger partial charge in [0.2, 0.25) is 15.9 Å². The van der Waals surface area contributed by atoms with Crippen LogP contribution in [0.3, 0.4) is 0 Å². The van der Waals surface area contributed by atoms with Crippen molar-refractivity contribution in [2.75, 3.05) is 31.8 Å². The van der Waals surface area contributed by atoms with Crippen LogP contribution >= 0.6 is 11.6 Å². The highest BCUT2D eigenvalue weighted by Crippen LogP contribution is 2.20. The molecule has 1 amide bonds. The molecule has 1 rings (SSSR count). The van der Waals surface area contributed by atoms with E-state index in [-0.39, 0.29) is 30.0 Å². The van der Waals surface area contributed by atoms with Crippen molar-refractivity contribution in [1.82, 2.24) is 9.62 Å². The predicted octanol–water partition coefficient (Wildman–Crippen LogP) is 0.649. The molecule has 0 spiro atoms. The summed E-state index contributed by atoms with van der Waals surface area (Å²) < 4.78 is 25.7. The standard InChI is InChI=1S/C11H21ClN2O3S/c1-9(6-12)8-18(16,17)14-5-3-4-10(7-14)11(15)13-2/h9-10H,3-8H2,1-2H3,(H,13,15). The van der Waals surface area contributed by atoms with Crippen molar-refractivity contribution in [2.24, 2.45) is 11.8 Å². The maximum Gasteiger partial charge on any atom is 0.224 e. The number of carbonyl (C=O) groups excluding carboxylic acids is 1. The van der Waals surface area contributed by atoms with Crippen molar-refractivity contribution in [3.05, 3.63) is 0 Å². The summed E-state index contributed by atoms with van der Waals surface area (Å²) in [7, 11) is -1.73. The lowest BCUT2D eigenvalue weighted by molar-refractivity contribution is -0.125. The van der Waals surface area contributed by atoms with Crippen LogP contribution in [0.4, 0.5) is 0 Å². The largest absolute Gasteiger partial charge is 0.359 e. The molecule has 0 saturated carbocycles. The fourth-order valence-electron chi connectivity index (χ4n) is 2.12. The Hall–Kier alpha value is -0.330. The Morgan fingerprint density at radius 1 is 1.56 bits per heavy atom. The third-order valence-electron chi connectivity index (χ3n) is 3.15. The van der Waals surface area contributed by atoms with Crippen LogP contribution in [0, 0.1) is 11.8 Å². The van der Waals surface area contributed by atoms with E-state index in [9.17, 15) is 13.2 Å². The van der Waals surface area contributed by atoms with Crippen LogP contribution < -0.4 is 5.32 Å². The lowest BCUT2D eigenvalue weighted by Gasteiger charge is -2.31. The molecular weight excluding hydrogens is 276 g/mol. The first-order chi connectivity index (χ1) is 8.40. The van der Waals surface area contributed by atoms with Crippen molar-refractivity contribution < 1.29 is 13.2 Å². The van der Waals surface area contributed by atoms with Crippen LogP contribution in [-0.2, 0) is 14.8 Å². The van der Waals surface area contributed by atoms with Crippen LogP contribution in [-0.4, -0.2) is 50.4 Å². The minimum atomic E-state index is -3.30. The minimum absolute atomic E-state index is 0.0525. The predicted molar refractivity (Wildman–Crippen MR) is 72.0 cm³/mol. The van der Waals surface area contributed by atoms with Gasteiger partial charge in [-0.25, -0.2) is 12.7 Å². The van der Waals surface area contributed by atoms with Crippen LogP contribution in [0.15, 0.2) is 0 Å². The van der Waals surface area contributed by atoms with Gasteiger partial charge in [0.25, 0.3) is 0 Å². The molecule has 0 aromatic heterocycles. The Morgan fingerprint density at radius 2 is 2.22 bits per heavy atom. The number of nitrogens with zero attached hydrogens (tertiary/aromatic N) is 1. The highest BCUT2D eigenvalue weighted by molar-refractivity contribution is 7.89. The van der Waals surface area contributed by atoms with E-state index in [4.69, 9.17) is 11.6 Å². The number of amides is 1. The van der Waals surface area contributed by atoms with Gasteiger partial charge in [-0.1, -0.05) is 6.92 Å². The summed E-state index contributed by atoms with van der Waals surface area (Å²) in [6.45, 7) is 2.60. The monoisotopic (exact) mass is 296 g/mol. The molecule has 0 aromatic rings. The van der Waals surface area contributed by atoms with Crippen molar-refractivity contribution >= 4 is 27.5 Å². The number of nitrogens with one attached hydrogen (secondary N) is 1. The summed E-state index contributed by atoms with van der Waals surface area (Å²) in [5.41, 5.74) is 0. The van der Waals surface area contributed by atoms with Crippen LogP contribution in [0.5, 0.6) is 0 Å². The smallest absolute Gasteiger partial charge is 0.224 e. The zero-order chi connectivity index (χ0) is 13.8. The lowest BCUT2D eigenvalue weighted by atomic mass is 9.99. The Kier molecular flexibility index (Phi) is 5.88. The van der Waals surface area contributed by atoms with E-state index in [0.717, 1.165) is 12.8 Å². The lowest BCUT2D eigenvalue weighted by Crippen LogP contribution is -2.46. The highest BCUT2D eigenvalue weighted by Gasteiger charge is 2.32. The molecule has 1 heterocycles. The molecule has 7 heteroatoms. The summed E-state index contributed by atoms with van der Waals surface area (Å²) in [4.78, 5) is 11.6. The average molecular weight is 297 g/mol. The molecule has 0 aromatic carbocycles. The van der Waals surface area contributed by atoms with E-state index >= 15 is 0 Å². The summed E-state index contributed by atoms with van der Waals surface area (Å²) in [6.07, 6.45) is 1.48. The summed E-state index contributed by atoms with van der Waals surface area (Å²) in [5.74, 6) is -0.00899. The molecule has 0 radical (unpaired) electrons. The first-order valence-electron chi connectivity index (χ1n) is 6.16. The van der Waals surface area contributed by atoms with Crippen LogP contribution in [0.25, 0.3) is 0 Å². The molecule has 0 aliphatic carbocycles. The Labute approximate surface area is 114 Å². The second-order valence-electron chi connectivity index (χ2n) is 4.85. The molecule has 1 fully saturated rings. The van der Waals surface area contributed by atoms with Gasteiger partial charge in [0, 0.05) is 26.0 Å². The number of rotatable bonds is 5. The quantitative estimate of drug-likeness (QED) is 0.758. The zero-order valence-electron chi connectivity index (χ0n) is 10.9. The van der Waals surface area contributed by atoms with E-state index in [2.05, 4.69) is 5.32 Å². The molecule has 18 heavy (non-hydrogen) atoms. The Balaban J connectivity index is 2.68. The highest BCUT2D eigenvalue weighted by atomic mass is 35.5. The van der Waals surface area contributed by atoms with Crippen LogP contribution in [0.1, 0.15) is 19.8 Å². The molecule has 1 saturated heterocycles. The second-order valence-corrected chi connectivity index (χ2v) is 7.17. The summed E-state index contributed by atoms with van der Waals surface area (Å²) in [6, 6.07) is 0. The molecule has 0 bridgehead atoms. The second kappa shape index (κ2) is 6.73. The molecule has 2 unspecified atom stereocenters. The SMILES string of the molecule is CNC(=O)C1CCCN(S(=O)(=O)CC(C)CCl)C1. The van der Waals surface area contributed by atoms with Gasteiger partial charge in [-0.2, -0.15) is 0 Å². The van der Waals surface area contributed by atoms with E-state index < -0.39 is 10.0 Å². The van der Waals surface area contributed by atoms with Gasteiger partial charge in [-0.15, -0.1) is 11.6 Å². The topological polar surface area (TPSA) is 66.5 Å². The molecule has 2 atom stereocenters. The van der Waals surface area contributed by atoms with E-state index in [1.54, 1.807) is 7.05 Å². The van der Waals surface area contributed by atoms with Gasteiger partial charge in [-0.3, -0.25) is 4.79 Å². The van der Waals surface area contributed by atoms with Crippen molar-refractivity contribution in [2.45, 2.75) is 19.8 Å². The normalized spacial score (nSPS) is 23.6. The first-order valence-corrected chi connectivity index (χ1v) is 8.30.